The first-order chi connectivity index (χ1) is 11.3. The molecule has 1 unspecified atom stereocenters. The molecule has 134 valence electrons. The van der Waals surface area contributed by atoms with Crippen LogP contribution in [0.5, 0.6) is 5.75 Å². The van der Waals surface area contributed by atoms with Gasteiger partial charge in [0.2, 0.25) is 15.9 Å². The summed E-state index contributed by atoms with van der Waals surface area (Å²) in [6, 6.07) is 4.33. The van der Waals surface area contributed by atoms with Crippen LogP contribution in [-0.4, -0.2) is 44.9 Å². The molecule has 1 atom stereocenters. The number of nitrogens with one attached hydrogen (secondary N) is 1. The maximum atomic E-state index is 13.1. The number of sulfonamides is 1. The molecule has 7 heteroatoms. The van der Waals surface area contributed by atoms with Gasteiger partial charge in [0.1, 0.15) is 11.8 Å². The predicted molar refractivity (Wildman–Crippen MR) is 92.5 cm³/mol. The van der Waals surface area contributed by atoms with E-state index in [4.69, 9.17) is 4.74 Å². The van der Waals surface area contributed by atoms with Gasteiger partial charge in [0.05, 0.1) is 12.0 Å². The highest BCUT2D eigenvalue weighted by Crippen LogP contribution is 2.30. The molecule has 0 aromatic heterocycles. The standard InChI is InChI=1S/C17H26N2O4S/c1-12(2)11-18-17(20)15-6-5-9-19(15)24(21,22)16-10-14(23-4)8-7-13(16)3/h7-8,10,12,15H,5-6,9,11H2,1-4H3,(H,18,20). The number of rotatable bonds is 6. The van der Waals surface area contributed by atoms with Crippen molar-refractivity contribution in [2.45, 2.75) is 44.6 Å². The van der Waals surface area contributed by atoms with E-state index in [0.717, 1.165) is 0 Å². The van der Waals surface area contributed by atoms with Gasteiger partial charge in [0.15, 0.2) is 0 Å². The smallest absolute Gasteiger partial charge is 0.244 e. The molecule has 1 fully saturated rings. The number of ether oxygens (including phenoxy) is 1. The number of methoxy groups -OCH3 is 1. The van der Waals surface area contributed by atoms with Crippen molar-refractivity contribution in [1.82, 2.24) is 9.62 Å². The van der Waals surface area contributed by atoms with Crippen molar-refractivity contribution in [3.8, 4) is 5.75 Å². The first-order valence-corrected chi connectivity index (χ1v) is 9.65. The average molecular weight is 354 g/mol. The zero-order chi connectivity index (χ0) is 17.9. The number of carbonyl (C=O) groups is 1. The van der Waals surface area contributed by atoms with Crippen molar-refractivity contribution < 1.29 is 17.9 Å². The topological polar surface area (TPSA) is 75.7 Å². The Bertz CT molecular complexity index is 701. The molecule has 1 heterocycles. The van der Waals surface area contributed by atoms with E-state index >= 15 is 0 Å². The summed E-state index contributed by atoms with van der Waals surface area (Å²) in [6.07, 6.45) is 1.23. The van der Waals surface area contributed by atoms with E-state index in [-0.39, 0.29) is 10.8 Å². The maximum Gasteiger partial charge on any atom is 0.244 e. The number of hydrogen-bond acceptors (Lipinski definition) is 4. The van der Waals surface area contributed by atoms with Crippen LogP contribution in [-0.2, 0) is 14.8 Å². The molecule has 2 rings (SSSR count). The highest BCUT2D eigenvalue weighted by molar-refractivity contribution is 7.89. The molecule has 1 aromatic rings. The lowest BCUT2D eigenvalue weighted by atomic mass is 10.2. The minimum Gasteiger partial charge on any atom is -0.497 e. The van der Waals surface area contributed by atoms with Gasteiger partial charge in [0, 0.05) is 19.2 Å². The molecule has 0 radical (unpaired) electrons. The summed E-state index contributed by atoms with van der Waals surface area (Å²) in [4.78, 5) is 12.6. The monoisotopic (exact) mass is 354 g/mol. The Labute approximate surface area is 144 Å². The second kappa shape index (κ2) is 7.53. The lowest BCUT2D eigenvalue weighted by Gasteiger charge is -2.24. The Hall–Kier alpha value is -1.60. The molecule has 0 aliphatic carbocycles. The molecule has 1 aliphatic heterocycles. The lowest BCUT2D eigenvalue weighted by molar-refractivity contribution is -0.124. The molecule has 24 heavy (non-hydrogen) atoms. The number of hydrogen-bond donors (Lipinski definition) is 1. The van der Waals surface area contributed by atoms with Crippen molar-refractivity contribution in [3.63, 3.8) is 0 Å². The predicted octanol–water partition coefficient (Wildman–Crippen LogP) is 1.93. The van der Waals surface area contributed by atoms with Crippen LogP contribution >= 0.6 is 0 Å². The molecule has 6 nitrogen and oxygen atoms in total. The van der Waals surface area contributed by atoms with Gasteiger partial charge in [-0.3, -0.25) is 4.79 Å². The van der Waals surface area contributed by atoms with Crippen molar-refractivity contribution >= 4 is 15.9 Å². The Kier molecular flexibility index (Phi) is 5.87. The molecule has 0 saturated carbocycles. The molecular weight excluding hydrogens is 328 g/mol. The van der Waals surface area contributed by atoms with E-state index in [1.165, 1.54) is 17.5 Å². The molecule has 0 bridgehead atoms. The molecule has 1 saturated heterocycles. The van der Waals surface area contributed by atoms with Gasteiger partial charge >= 0.3 is 0 Å². The number of nitrogens with zero attached hydrogens (tertiary/aromatic N) is 1. The molecule has 0 spiro atoms. The van der Waals surface area contributed by atoms with Crippen molar-refractivity contribution in [1.29, 1.82) is 0 Å². The van der Waals surface area contributed by atoms with Crippen LogP contribution in [0.15, 0.2) is 23.1 Å². The Morgan fingerprint density at radius 1 is 1.42 bits per heavy atom. The van der Waals surface area contributed by atoms with Crippen LogP contribution in [0.1, 0.15) is 32.3 Å². The van der Waals surface area contributed by atoms with Crippen LogP contribution in [0.2, 0.25) is 0 Å². The van der Waals surface area contributed by atoms with E-state index in [0.29, 0.717) is 43.2 Å². The van der Waals surface area contributed by atoms with Gasteiger partial charge in [-0.15, -0.1) is 0 Å². The van der Waals surface area contributed by atoms with Crippen molar-refractivity contribution in [3.05, 3.63) is 23.8 Å². The van der Waals surface area contributed by atoms with E-state index < -0.39 is 16.1 Å². The van der Waals surface area contributed by atoms with Crippen LogP contribution in [0, 0.1) is 12.8 Å². The van der Waals surface area contributed by atoms with Crippen molar-refractivity contribution in [2.24, 2.45) is 5.92 Å². The highest BCUT2D eigenvalue weighted by atomic mass is 32.2. The second-order valence-corrected chi connectivity index (χ2v) is 8.40. The number of carbonyl (C=O) groups excluding carboxylic acids is 1. The zero-order valence-corrected chi connectivity index (χ0v) is 15.5. The summed E-state index contributed by atoms with van der Waals surface area (Å²) in [5.74, 6) is 0.588. The molecule has 1 aliphatic rings. The Morgan fingerprint density at radius 2 is 2.12 bits per heavy atom. The lowest BCUT2D eigenvalue weighted by Crippen LogP contribution is -2.46. The second-order valence-electron chi connectivity index (χ2n) is 6.54. The Morgan fingerprint density at radius 3 is 2.75 bits per heavy atom. The van der Waals surface area contributed by atoms with E-state index in [2.05, 4.69) is 5.32 Å². The van der Waals surface area contributed by atoms with Crippen LogP contribution in [0.3, 0.4) is 0 Å². The van der Waals surface area contributed by atoms with E-state index in [1.54, 1.807) is 19.1 Å². The minimum absolute atomic E-state index is 0.199. The fourth-order valence-electron chi connectivity index (χ4n) is 2.82. The largest absolute Gasteiger partial charge is 0.497 e. The van der Waals surface area contributed by atoms with Gasteiger partial charge in [-0.25, -0.2) is 8.42 Å². The molecule has 1 amide bonds. The van der Waals surface area contributed by atoms with Gasteiger partial charge in [-0.05, 0) is 37.3 Å². The normalized spacial score (nSPS) is 18.8. The minimum atomic E-state index is -3.74. The maximum absolute atomic E-state index is 13.1. The van der Waals surface area contributed by atoms with Gasteiger partial charge in [0.25, 0.3) is 0 Å². The molecule has 1 N–H and O–H groups in total. The van der Waals surface area contributed by atoms with Gasteiger partial charge < -0.3 is 10.1 Å². The van der Waals surface area contributed by atoms with Crippen molar-refractivity contribution in [2.75, 3.05) is 20.2 Å². The first-order valence-electron chi connectivity index (χ1n) is 8.21. The summed E-state index contributed by atoms with van der Waals surface area (Å²) in [6.45, 7) is 6.66. The van der Waals surface area contributed by atoms with Crippen LogP contribution in [0.25, 0.3) is 0 Å². The summed E-state index contributed by atoms with van der Waals surface area (Å²) in [5, 5.41) is 2.85. The third-order valence-corrected chi connectivity index (χ3v) is 6.22. The van der Waals surface area contributed by atoms with E-state index in [1.807, 2.05) is 13.8 Å². The summed E-state index contributed by atoms with van der Waals surface area (Å²) >= 11 is 0. The number of amides is 1. The average Bonchev–Trinajstić information content (AvgIpc) is 3.03. The summed E-state index contributed by atoms with van der Waals surface area (Å²) < 4.78 is 32.6. The van der Waals surface area contributed by atoms with Gasteiger partial charge in [-0.1, -0.05) is 19.9 Å². The molecular formula is C17H26N2O4S. The number of aryl methyl sites for hydroxylation is 1. The van der Waals surface area contributed by atoms with Gasteiger partial charge in [-0.2, -0.15) is 4.31 Å². The quantitative estimate of drug-likeness (QED) is 0.847. The third kappa shape index (κ3) is 3.89. The van der Waals surface area contributed by atoms with E-state index in [9.17, 15) is 13.2 Å². The SMILES string of the molecule is COc1ccc(C)c(S(=O)(=O)N2CCCC2C(=O)NCC(C)C)c1. The van der Waals surface area contributed by atoms with Crippen LogP contribution < -0.4 is 10.1 Å². The first kappa shape index (κ1) is 18.7. The fourth-order valence-corrected chi connectivity index (χ4v) is 4.72. The fraction of sp³-hybridized carbons (Fsp3) is 0.588. The number of benzene rings is 1. The highest BCUT2D eigenvalue weighted by Gasteiger charge is 2.40. The zero-order valence-electron chi connectivity index (χ0n) is 14.7. The molecule has 1 aromatic carbocycles. The summed E-state index contributed by atoms with van der Waals surface area (Å²) in [5.41, 5.74) is 0.643. The summed E-state index contributed by atoms with van der Waals surface area (Å²) in [7, 11) is -2.24. The van der Waals surface area contributed by atoms with Crippen LogP contribution in [0.4, 0.5) is 0 Å². The Balaban J connectivity index is 2.29. The third-order valence-electron chi connectivity index (χ3n) is 4.17.